The summed E-state index contributed by atoms with van der Waals surface area (Å²) in [6, 6.07) is 0.148. The third kappa shape index (κ3) is 0.650. The minimum Gasteiger partial charge on any atom is -0.342 e. The Balaban J connectivity index is 2.26. The molecule has 2 rings (SSSR count). The molecule has 0 radical (unpaired) electrons. The van der Waals surface area contributed by atoms with Crippen molar-refractivity contribution in [2.75, 3.05) is 7.05 Å². The molecule has 0 saturated carbocycles. The van der Waals surface area contributed by atoms with Gasteiger partial charge in [-0.05, 0) is 0 Å². The van der Waals surface area contributed by atoms with E-state index >= 15 is 0 Å². The highest BCUT2D eigenvalue weighted by atomic mass is 15.3. The second-order valence-corrected chi connectivity index (χ2v) is 2.40. The lowest BCUT2D eigenvalue weighted by Gasteiger charge is -2.19. The minimum atomic E-state index is 0.148. The maximum atomic E-state index is 4.18. The molecular formula is C6H8N4. The Labute approximate surface area is 59.0 Å². The van der Waals surface area contributed by atoms with Crippen molar-refractivity contribution in [3.05, 3.63) is 0 Å². The van der Waals surface area contributed by atoms with Crippen LogP contribution in [0, 0.1) is 0 Å². The highest BCUT2D eigenvalue weighted by Gasteiger charge is 2.26. The smallest absolute Gasteiger partial charge is 0.151 e. The topological polar surface area (TPSA) is 40.3 Å². The Morgan fingerprint density at radius 2 is 2.30 bits per heavy atom. The van der Waals surface area contributed by atoms with Crippen LogP contribution in [0.4, 0.5) is 0 Å². The van der Waals surface area contributed by atoms with Gasteiger partial charge in [0, 0.05) is 13.3 Å². The van der Waals surface area contributed by atoms with Crippen LogP contribution in [0.1, 0.15) is 0 Å². The minimum absolute atomic E-state index is 0.148. The molecule has 0 fully saturated rings. The zero-order chi connectivity index (χ0) is 6.97. The number of likely N-dealkylation sites (N-methyl/N-ethyl adjacent to an activating group) is 1. The normalized spacial score (nSPS) is 35.1. The summed E-state index contributed by atoms with van der Waals surface area (Å²) in [5.74, 6) is 0. The van der Waals surface area contributed by atoms with Gasteiger partial charge in [0.25, 0.3) is 0 Å². The van der Waals surface area contributed by atoms with Crippen molar-refractivity contribution in [1.29, 1.82) is 0 Å². The summed E-state index contributed by atoms with van der Waals surface area (Å²) >= 11 is 0. The van der Waals surface area contributed by atoms with Crippen molar-refractivity contribution in [2.45, 2.75) is 12.2 Å². The Morgan fingerprint density at radius 1 is 1.40 bits per heavy atom. The lowest BCUT2D eigenvalue weighted by molar-refractivity contribution is 0.404. The van der Waals surface area contributed by atoms with Crippen molar-refractivity contribution in [3.8, 4) is 0 Å². The van der Waals surface area contributed by atoms with E-state index in [0.29, 0.717) is 0 Å². The summed E-state index contributed by atoms with van der Waals surface area (Å²) in [6.07, 6.45) is 5.35. The molecule has 4 heteroatoms. The molecule has 0 aliphatic carbocycles. The number of fused-ring (bicyclic) bond motifs is 1. The average Bonchev–Trinajstić information content (AvgIpc) is 2.34. The van der Waals surface area contributed by atoms with Gasteiger partial charge >= 0.3 is 0 Å². The van der Waals surface area contributed by atoms with E-state index in [1.807, 2.05) is 18.2 Å². The summed E-state index contributed by atoms with van der Waals surface area (Å²) in [5.41, 5.74) is 0. The maximum Gasteiger partial charge on any atom is 0.151 e. The Bertz CT molecular complexity index is 218. The third-order valence-corrected chi connectivity index (χ3v) is 1.67. The van der Waals surface area contributed by atoms with Crippen LogP contribution in [0.5, 0.6) is 0 Å². The maximum absolute atomic E-state index is 4.18. The van der Waals surface area contributed by atoms with Gasteiger partial charge in [0.05, 0.1) is 6.34 Å². The van der Waals surface area contributed by atoms with Crippen molar-refractivity contribution >= 4 is 18.9 Å². The number of hydrogen-bond donors (Lipinski definition) is 0. The second kappa shape index (κ2) is 1.90. The number of nitrogens with zero attached hydrogens (tertiary/aromatic N) is 4. The number of rotatable bonds is 0. The molecule has 2 aliphatic heterocycles. The van der Waals surface area contributed by atoms with Crippen LogP contribution in [0.15, 0.2) is 15.0 Å². The quantitative estimate of drug-likeness (QED) is 0.453. The molecule has 0 aromatic heterocycles. The van der Waals surface area contributed by atoms with Gasteiger partial charge in [0.15, 0.2) is 6.17 Å². The molecule has 2 aliphatic rings. The summed E-state index contributed by atoms with van der Waals surface area (Å²) in [5, 5.41) is 0. The van der Waals surface area contributed by atoms with Crippen LogP contribution in [-0.2, 0) is 0 Å². The monoisotopic (exact) mass is 136 g/mol. The number of hydrogen-bond acceptors (Lipinski definition) is 4. The van der Waals surface area contributed by atoms with Gasteiger partial charge in [-0.1, -0.05) is 0 Å². The first-order valence-electron chi connectivity index (χ1n) is 3.18. The predicted octanol–water partition coefficient (Wildman–Crippen LogP) is -0.233. The molecule has 0 saturated heterocycles. The molecule has 0 amide bonds. The Hall–Kier alpha value is -1.19. The summed E-state index contributed by atoms with van der Waals surface area (Å²) in [4.78, 5) is 14.2. The molecule has 10 heavy (non-hydrogen) atoms. The molecule has 2 atom stereocenters. The molecule has 52 valence electrons. The van der Waals surface area contributed by atoms with Crippen LogP contribution in [0.3, 0.4) is 0 Å². The van der Waals surface area contributed by atoms with Crippen LogP contribution >= 0.6 is 0 Å². The van der Waals surface area contributed by atoms with Gasteiger partial charge in [-0.3, -0.25) is 4.99 Å². The van der Waals surface area contributed by atoms with E-state index in [-0.39, 0.29) is 12.2 Å². The van der Waals surface area contributed by atoms with E-state index in [2.05, 4.69) is 15.0 Å². The van der Waals surface area contributed by atoms with Crippen LogP contribution in [0.2, 0.25) is 0 Å². The average molecular weight is 136 g/mol. The standard InChI is InChI=1S/C6H8N4/c1-10-4-9-5-2-7-3-8-6(5)10/h2-6H,1H3. The lowest BCUT2D eigenvalue weighted by Crippen LogP contribution is -2.34. The fourth-order valence-electron chi connectivity index (χ4n) is 1.11. The van der Waals surface area contributed by atoms with Gasteiger partial charge in [-0.25, -0.2) is 9.98 Å². The second-order valence-electron chi connectivity index (χ2n) is 2.40. The van der Waals surface area contributed by atoms with E-state index in [0.717, 1.165) is 0 Å². The fourth-order valence-corrected chi connectivity index (χ4v) is 1.11. The zero-order valence-electron chi connectivity index (χ0n) is 5.68. The van der Waals surface area contributed by atoms with Gasteiger partial charge in [-0.2, -0.15) is 0 Å². The van der Waals surface area contributed by atoms with Crippen LogP contribution < -0.4 is 0 Å². The van der Waals surface area contributed by atoms with E-state index in [9.17, 15) is 0 Å². The van der Waals surface area contributed by atoms with E-state index < -0.39 is 0 Å². The highest BCUT2D eigenvalue weighted by molar-refractivity contribution is 5.82. The first-order valence-corrected chi connectivity index (χ1v) is 3.18. The lowest BCUT2D eigenvalue weighted by atomic mass is 10.2. The third-order valence-electron chi connectivity index (χ3n) is 1.67. The van der Waals surface area contributed by atoms with E-state index in [1.54, 1.807) is 12.7 Å². The van der Waals surface area contributed by atoms with Crippen molar-refractivity contribution in [3.63, 3.8) is 0 Å². The molecule has 0 aromatic carbocycles. The molecule has 0 aromatic rings. The summed E-state index contributed by atoms with van der Waals surface area (Å²) in [7, 11) is 1.96. The first kappa shape index (κ1) is 5.58. The van der Waals surface area contributed by atoms with Crippen molar-refractivity contribution in [2.24, 2.45) is 15.0 Å². The molecular weight excluding hydrogens is 128 g/mol. The fraction of sp³-hybridized carbons (Fsp3) is 0.500. The van der Waals surface area contributed by atoms with Crippen molar-refractivity contribution < 1.29 is 0 Å². The highest BCUT2D eigenvalue weighted by Crippen LogP contribution is 2.12. The van der Waals surface area contributed by atoms with E-state index in [1.165, 1.54) is 0 Å². The molecule has 2 heterocycles. The molecule has 2 unspecified atom stereocenters. The van der Waals surface area contributed by atoms with Gasteiger partial charge < -0.3 is 4.90 Å². The molecule has 0 N–H and O–H groups in total. The molecule has 0 spiro atoms. The molecule has 4 nitrogen and oxygen atoms in total. The van der Waals surface area contributed by atoms with E-state index in [4.69, 9.17) is 0 Å². The van der Waals surface area contributed by atoms with Gasteiger partial charge in [-0.15, -0.1) is 0 Å². The number of aliphatic imine (C=N–C) groups is 3. The SMILES string of the molecule is CN1C=NC2C=NC=NC21. The summed E-state index contributed by atoms with van der Waals surface area (Å²) < 4.78 is 0. The first-order chi connectivity index (χ1) is 4.88. The predicted molar refractivity (Wildman–Crippen MR) is 40.8 cm³/mol. The van der Waals surface area contributed by atoms with Crippen LogP contribution in [0.25, 0.3) is 0 Å². The van der Waals surface area contributed by atoms with Crippen molar-refractivity contribution in [1.82, 2.24) is 4.90 Å². The molecule has 0 bridgehead atoms. The van der Waals surface area contributed by atoms with Gasteiger partial charge in [0.1, 0.15) is 12.4 Å². The largest absolute Gasteiger partial charge is 0.342 e. The summed E-state index contributed by atoms with van der Waals surface area (Å²) in [6.45, 7) is 0. The Kier molecular flexibility index (Phi) is 1.06. The van der Waals surface area contributed by atoms with Crippen LogP contribution in [-0.4, -0.2) is 43.0 Å². The zero-order valence-corrected chi connectivity index (χ0v) is 5.68. The van der Waals surface area contributed by atoms with Gasteiger partial charge in [0.2, 0.25) is 0 Å². The Morgan fingerprint density at radius 3 is 3.10 bits per heavy atom.